The molecule has 2 aromatic carbocycles. The summed E-state index contributed by atoms with van der Waals surface area (Å²) in [5.74, 6) is 0.190. The summed E-state index contributed by atoms with van der Waals surface area (Å²) in [5.41, 5.74) is 1.74. The van der Waals surface area contributed by atoms with Gasteiger partial charge in [0.25, 0.3) is 0 Å². The van der Waals surface area contributed by atoms with Crippen molar-refractivity contribution in [3.05, 3.63) is 70.4 Å². The average molecular weight is 345 g/mol. The van der Waals surface area contributed by atoms with Crippen LogP contribution < -0.4 is 0 Å². The second kappa shape index (κ2) is 6.24. The zero-order chi connectivity index (χ0) is 14.7. The van der Waals surface area contributed by atoms with Gasteiger partial charge in [0.1, 0.15) is 12.2 Å². The van der Waals surface area contributed by atoms with E-state index < -0.39 is 0 Å². The summed E-state index contributed by atoms with van der Waals surface area (Å²) >= 11 is 3.38. The number of rotatable bonds is 5. The lowest BCUT2D eigenvalue weighted by atomic mass is 10.2. The molecular formula is C17H13BrO3. The molecule has 0 aliphatic heterocycles. The molecule has 21 heavy (non-hydrogen) atoms. The lowest BCUT2D eigenvalue weighted by Crippen LogP contribution is -2.08. The van der Waals surface area contributed by atoms with E-state index in [1.165, 1.54) is 0 Å². The summed E-state index contributed by atoms with van der Waals surface area (Å²) < 4.78 is 12.0. The molecule has 0 radical (unpaired) electrons. The number of fused-ring (bicyclic) bond motifs is 1. The van der Waals surface area contributed by atoms with Crippen LogP contribution in [0.3, 0.4) is 0 Å². The van der Waals surface area contributed by atoms with Gasteiger partial charge < -0.3 is 9.15 Å². The van der Waals surface area contributed by atoms with Crippen LogP contribution in [-0.4, -0.2) is 12.4 Å². The molecule has 0 saturated heterocycles. The molecule has 0 aliphatic carbocycles. The SMILES string of the molecule is O=C(COCc1ccc(Br)cc1)c1cc2ccccc2o1. The van der Waals surface area contributed by atoms with Crippen molar-refractivity contribution in [2.75, 3.05) is 6.61 Å². The Morgan fingerprint density at radius 2 is 1.86 bits per heavy atom. The molecule has 0 saturated carbocycles. The molecule has 0 aliphatic rings. The summed E-state index contributed by atoms with van der Waals surface area (Å²) in [6, 6.07) is 17.1. The van der Waals surface area contributed by atoms with Gasteiger partial charge in [-0.3, -0.25) is 4.79 Å². The summed E-state index contributed by atoms with van der Waals surface area (Å²) in [5, 5.41) is 0.925. The van der Waals surface area contributed by atoms with Crippen molar-refractivity contribution in [1.82, 2.24) is 0 Å². The van der Waals surface area contributed by atoms with Gasteiger partial charge in [-0.2, -0.15) is 0 Å². The average Bonchev–Trinajstić information content (AvgIpc) is 2.93. The van der Waals surface area contributed by atoms with Gasteiger partial charge in [-0.15, -0.1) is 0 Å². The van der Waals surface area contributed by atoms with Gasteiger partial charge in [-0.1, -0.05) is 46.3 Å². The minimum absolute atomic E-state index is 0.00981. The Labute approximate surface area is 130 Å². The van der Waals surface area contributed by atoms with Crippen molar-refractivity contribution in [3.8, 4) is 0 Å². The number of hydrogen-bond donors (Lipinski definition) is 0. The monoisotopic (exact) mass is 344 g/mol. The van der Waals surface area contributed by atoms with Crippen molar-refractivity contribution in [3.63, 3.8) is 0 Å². The number of carbonyl (C=O) groups is 1. The van der Waals surface area contributed by atoms with Crippen LogP contribution in [0.25, 0.3) is 11.0 Å². The maximum absolute atomic E-state index is 12.0. The van der Waals surface area contributed by atoms with E-state index in [9.17, 15) is 4.79 Å². The third kappa shape index (κ3) is 3.40. The minimum atomic E-state index is -0.150. The van der Waals surface area contributed by atoms with Crippen LogP contribution in [0.4, 0.5) is 0 Å². The van der Waals surface area contributed by atoms with Gasteiger partial charge in [-0.25, -0.2) is 0 Å². The first-order valence-electron chi connectivity index (χ1n) is 6.56. The molecule has 3 aromatic rings. The Kier molecular flexibility index (Phi) is 4.18. The first kappa shape index (κ1) is 14.0. The van der Waals surface area contributed by atoms with Crippen LogP contribution in [0, 0.1) is 0 Å². The van der Waals surface area contributed by atoms with Gasteiger partial charge in [-0.05, 0) is 29.8 Å². The predicted octanol–water partition coefficient (Wildman–Crippen LogP) is 4.59. The maximum atomic E-state index is 12.0. The number of halogens is 1. The highest BCUT2D eigenvalue weighted by molar-refractivity contribution is 9.10. The minimum Gasteiger partial charge on any atom is -0.453 e. The molecule has 0 fully saturated rings. The fourth-order valence-electron chi connectivity index (χ4n) is 2.03. The van der Waals surface area contributed by atoms with Crippen molar-refractivity contribution in [1.29, 1.82) is 0 Å². The van der Waals surface area contributed by atoms with Crippen LogP contribution in [0.1, 0.15) is 16.1 Å². The number of ether oxygens (including phenoxy) is 1. The number of Topliss-reactive ketones (excluding diaryl/α,β-unsaturated/α-hetero) is 1. The Morgan fingerprint density at radius 1 is 1.10 bits per heavy atom. The van der Waals surface area contributed by atoms with Crippen molar-refractivity contribution in [2.45, 2.75) is 6.61 Å². The normalized spacial score (nSPS) is 10.9. The van der Waals surface area contributed by atoms with Gasteiger partial charge in [0.2, 0.25) is 5.78 Å². The van der Waals surface area contributed by atoms with E-state index in [0.29, 0.717) is 18.0 Å². The standard InChI is InChI=1S/C17H13BrO3/c18-14-7-5-12(6-8-14)10-20-11-15(19)17-9-13-3-1-2-4-16(13)21-17/h1-9H,10-11H2. The first-order valence-corrected chi connectivity index (χ1v) is 7.35. The molecular weight excluding hydrogens is 332 g/mol. The molecule has 0 amide bonds. The number of benzene rings is 2. The number of hydrogen-bond acceptors (Lipinski definition) is 3. The molecule has 0 spiro atoms. The number of para-hydroxylation sites is 1. The summed E-state index contributed by atoms with van der Waals surface area (Å²) in [7, 11) is 0. The molecule has 1 aromatic heterocycles. The molecule has 3 nitrogen and oxygen atoms in total. The molecule has 4 heteroatoms. The number of ketones is 1. The summed E-state index contributed by atoms with van der Waals surface area (Å²) in [6.07, 6.45) is 0. The summed E-state index contributed by atoms with van der Waals surface area (Å²) in [6.45, 7) is 0.412. The smallest absolute Gasteiger partial charge is 0.223 e. The van der Waals surface area contributed by atoms with Crippen molar-refractivity contribution < 1.29 is 13.9 Å². The molecule has 0 atom stereocenters. The number of carbonyl (C=O) groups excluding carboxylic acids is 1. The van der Waals surface area contributed by atoms with Crippen LogP contribution >= 0.6 is 15.9 Å². The van der Waals surface area contributed by atoms with Crippen LogP contribution in [0.2, 0.25) is 0 Å². The topological polar surface area (TPSA) is 39.4 Å². The lowest BCUT2D eigenvalue weighted by Gasteiger charge is -2.02. The molecule has 0 unspecified atom stereocenters. The zero-order valence-corrected chi connectivity index (χ0v) is 12.8. The van der Waals surface area contributed by atoms with E-state index in [4.69, 9.17) is 9.15 Å². The van der Waals surface area contributed by atoms with E-state index >= 15 is 0 Å². The quantitative estimate of drug-likeness (QED) is 0.635. The molecule has 0 N–H and O–H groups in total. The van der Waals surface area contributed by atoms with E-state index in [1.807, 2.05) is 48.5 Å². The number of furan rings is 1. The van der Waals surface area contributed by atoms with E-state index in [2.05, 4.69) is 15.9 Å². The van der Waals surface area contributed by atoms with E-state index in [1.54, 1.807) is 6.07 Å². The van der Waals surface area contributed by atoms with Crippen molar-refractivity contribution >= 4 is 32.7 Å². The highest BCUT2D eigenvalue weighted by atomic mass is 79.9. The van der Waals surface area contributed by atoms with Crippen LogP contribution in [0.15, 0.2) is 63.5 Å². The Morgan fingerprint density at radius 3 is 2.62 bits per heavy atom. The Balaban J connectivity index is 1.60. The Hall–Kier alpha value is -1.91. The highest BCUT2D eigenvalue weighted by Gasteiger charge is 2.12. The van der Waals surface area contributed by atoms with Crippen LogP contribution in [-0.2, 0) is 11.3 Å². The fourth-order valence-corrected chi connectivity index (χ4v) is 2.30. The lowest BCUT2D eigenvalue weighted by molar-refractivity contribution is 0.0702. The maximum Gasteiger partial charge on any atom is 0.223 e. The molecule has 1 heterocycles. The van der Waals surface area contributed by atoms with Gasteiger partial charge in [0, 0.05) is 9.86 Å². The van der Waals surface area contributed by atoms with E-state index in [0.717, 1.165) is 15.4 Å². The first-order chi connectivity index (χ1) is 10.2. The second-order valence-corrected chi connectivity index (χ2v) is 5.61. The molecule has 0 bridgehead atoms. The molecule has 3 rings (SSSR count). The second-order valence-electron chi connectivity index (χ2n) is 4.69. The van der Waals surface area contributed by atoms with Crippen molar-refractivity contribution in [2.24, 2.45) is 0 Å². The Bertz CT molecular complexity index is 726. The predicted molar refractivity (Wildman–Crippen MR) is 84.3 cm³/mol. The zero-order valence-electron chi connectivity index (χ0n) is 11.2. The van der Waals surface area contributed by atoms with Gasteiger partial charge >= 0.3 is 0 Å². The summed E-state index contributed by atoms with van der Waals surface area (Å²) in [4.78, 5) is 12.0. The van der Waals surface area contributed by atoms with Gasteiger partial charge in [0.15, 0.2) is 5.76 Å². The highest BCUT2D eigenvalue weighted by Crippen LogP contribution is 2.19. The molecule has 106 valence electrons. The third-order valence-corrected chi connectivity index (χ3v) is 3.64. The van der Waals surface area contributed by atoms with E-state index in [-0.39, 0.29) is 12.4 Å². The van der Waals surface area contributed by atoms with Gasteiger partial charge in [0.05, 0.1) is 6.61 Å². The largest absolute Gasteiger partial charge is 0.453 e. The third-order valence-electron chi connectivity index (χ3n) is 3.12. The fraction of sp³-hybridized carbons (Fsp3) is 0.118. The van der Waals surface area contributed by atoms with Crippen LogP contribution in [0.5, 0.6) is 0 Å².